The van der Waals surface area contributed by atoms with Crippen molar-refractivity contribution in [3.05, 3.63) is 22.7 Å². The summed E-state index contributed by atoms with van der Waals surface area (Å²) in [4.78, 5) is 14.2. The summed E-state index contributed by atoms with van der Waals surface area (Å²) in [7, 11) is 1.34. The van der Waals surface area contributed by atoms with E-state index in [0.29, 0.717) is 22.0 Å². The summed E-state index contributed by atoms with van der Waals surface area (Å²) in [5, 5.41) is 3.68. The average molecular weight is 312 g/mol. The van der Waals surface area contributed by atoms with Crippen molar-refractivity contribution in [1.29, 1.82) is 0 Å². The Morgan fingerprint density at radius 2 is 2.24 bits per heavy atom. The highest BCUT2D eigenvalue weighted by Crippen LogP contribution is 2.30. The number of carbonyl (C=O) groups excluding carboxylic acids is 1. The molecule has 1 saturated carbocycles. The van der Waals surface area contributed by atoms with Crippen LogP contribution in [0.2, 0.25) is 5.02 Å². The van der Waals surface area contributed by atoms with E-state index in [0.717, 1.165) is 25.7 Å². The van der Waals surface area contributed by atoms with E-state index in [-0.39, 0.29) is 0 Å². The molecule has 0 aliphatic heterocycles. The van der Waals surface area contributed by atoms with Gasteiger partial charge >= 0.3 is 5.97 Å². The predicted molar refractivity (Wildman–Crippen MR) is 86.0 cm³/mol. The van der Waals surface area contributed by atoms with Gasteiger partial charge in [-0.3, -0.25) is 4.90 Å². The summed E-state index contributed by atoms with van der Waals surface area (Å²) >= 11 is 6.20. The predicted octanol–water partition coefficient (Wildman–Crippen LogP) is 2.61. The zero-order valence-corrected chi connectivity index (χ0v) is 13.2. The maximum Gasteiger partial charge on any atom is 0.340 e. The lowest BCUT2D eigenvalue weighted by Crippen LogP contribution is -2.31. The molecule has 1 fully saturated rings. The van der Waals surface area contributed by atoms with Crippen molar-refractivity contribution < 1.29 is 9.53 Å². The highest BCUT2D eigenvalue weighted by molar-refractivity contribution is 6.34. The first kappa shape index (κ1) is 15.9. The number of rotatable bonds is 7. The van der Waals surface area contributed by atoms with Gasteiger partial charge in [0.1, 0.15) is 0 Å². The Labute approximate surface area is 130 Å². The van der Waals surface area contributed by atoms with Gasteiger partial charge < -0.3 is 15.8 Å². The fourth-order valence-corrected chi connectivity index (χ4v) is 2.74. The third-order valence-electron chi connectivity index (χ3n) is 3.69. The minimum absolute atomic E-state index is 0.372. The molecular weight excluding hydrogens is 290 g/mol. The van der Waals surface area contributed by atoms with E-state index < -0.39 is 5.97 Å². The molecule has 5 nitrogen and oxygen atoms in total. The van der Waals surface area contributed by atoms with Gasteiger partial charge in [-0.1, -0.05) is 18.5 Å². The number of nitrogens with one attached hydrogen (secondary N) is 1. The number of ether oxygens (including phenoxy) is 1. The van der Waals surface area contributed by atoms with E-state index in [1.807, 2.05) is 0 Å². The minimum atomic E-state index is -0.443. The number of benzene rings is 1. The molecule has 1 aliphatic rings. The summed E-state index contributed by atoms with van der Waals surface area (Å²) in [5.74, 6) is -0.443. The number of anilines is 2. The second-order valence-electron chi connectivity index (χ2n) is 5.20. The highest BCUT2D eigenvalue weighted by atomic mass is 35.5. The molecule has 1 aromatic rings. The van der Waals surface area contributed by atoms with Gasteiger partial charge in [0.15, 0.2) is 0 Å². The van der Waals surface area contributed by atoms with Gasteiger partial charge in [-0.05, 0) is 31.5 Å². The third-order valence-corrected chi connectivity index (χ3v) is 3.99. The number of nitrogens with zero attached hydrogens (tertiary/aromatic N) is 1. The van der Waals surface area contributed by atoms with Crippen LogP contribution < -0.4 is 11.1 Å². The first-order valence-corrected chi connectivity index (χ1v) is 7.59. The molecule has 0 heterocycles. The third kappa shape index (κ3) is 4.02. The quantitative estimate of drug-likeness (QED) is 0.598. The van der Waals surface area contributed by atoms with Crippen molar-refractivity contribution >= 4 is 28.9 Å². The Morgan fingerprint density at radius 1 is 1.52 bits per heavy atom. The van der Waals surface area contributed by atoms with E-state index in [9.17, 15) is 4.79 Å². The van der Waals surface area contributed by atoms with Gasteiger partial charge in [-0.2, -0.15) is 0 Å². The van der Waals surface area contributed by atoms with Gasteiger partial charge in [-0.15, -0.1) is 0 Å². The van der Waals surface area contributed by atoms with Crippen molar-refractivity contribution in [2.24, 2.45) is 0 Å². The standard InChI is InChI=1S/C15H22ClN3O2/c1-3-19(11-4-5-11)7-6-18-14-12(15(20)21-2)8-10(17)9-13(14)16/h8-9,11,18H,3-7,17H2,1-2H3. The zero-order chi connectivity index (χ0) is 15.4. The number of likely N-dealkylation sites (N-methyl/N-ethyl adjacent to an activating group) is 1. The van der Waals surface area contributed by atoms with E-state index in [1.54, 1.807) is 12.1 Å². The largest absolute Gasteiger partial charge is 0.465 e. The number of carbonyl (C=O) groups is 1. The maximum atomic E-state index is 11.8. The number of halogens is 1. The summed E-state index contributed by atoms with van der Waals surface area (Å²) in [6.45, 7) is 4.83. The van der Waals surface area contributed by atoms with Crippen LogP contribution in [0.4, 0.5) is 11.4 Å². The summed E-state index contributed by atoms with van der Waals surface area (Å²) in [5.41, 5.74) is 7.14. The number of nitrogen functional groups attached to an aromatic ring is 1. The summed E-state index contributed by atoms with van der Waals surface area (Å²) in [6.07, 6.45) is 2.56. The van der Waals surface area contributed by atoms with Crippen LogP contribution in [0.15, 0.2) is 12.1 Å². The lowest BCUT2D eigenvalue weighted by atomic mass is 10.1. The lowest BCUT2D eigenvalue weighted by molar-refractivity contribution is 0.0602. The fraction of sp³-hybridized carbons (Fsp3) is 0.533. The molecule has 3 N–H and O–H groups in total. The molecule has 0 unspecified atom stereocenters. The Bertz CT molecular complexity index is 518. The van der Waals surface area contributed by atoms with Gasteiger partial charge in [0.25, 0.3) is 0 Å². The van der Waals surface area contributed by atoms with Gasteiger partial charge in [-0.25, -0.2) is 4.79 Å². The van der Waals surface area contributed by atoms with Gasteiger partial charge in [0, 0.05) is 24.8 Å². The van der Waals surface area contributed by atoms with Crippen LogP contribution >= 0.6 is 11.6 Å². The second-order valence-corrected chi connectivity index (χ2v) is 5.61. The fourth-order valence-electron chi connectivity index (χ4n) is 2.44. The first-order chi connectivity index (χ1) is 10.1. The lowest BCUT2D eigenvalue weighted by Gasteiger charge is -2.21. The van der Waals surface area contributed by atoms with Crippen LogP contribution in [0.1, 0.15) is 30.1 Å². The van der Waals surface area contributed by atoms with Crippen molar-refractivity contribution in [3.8, 4) is 0 Å². The highest BCUT2D eigenvalue weighted by Gasteiger charge is 2.27. The van der Waals surface area contributed by atoms with Crippen LogP contribution in [-0.4, -0.2) is 43.7 Å². The Morgan fingerprint density at radius 3 is 2.81 bits per heavy atom. The summed E-state index contributed by atoms with van der Waals surface area (Å²) in [6, 6.07) is 3.94. The minimum Gasteiger partial charge on any atom is -0.465 e. The van der Waals surface area contributed by atoms with Crippen LogP contribution in [-0.2, 0) is 4.74 Å². The van der Waals surface area contributed by atoms with Crippen molar-refractivity contribution in [2.45, 2.75) is 25.8 Å². The number of hydrogen-bond donors (Lipinski definition) is 2. The van der Waals surface area contributed by atoms with Gasteiger partial charge in [0.2, 0.25) is 0 Å². The second kappa shape index (κ2) is 7.00. The van der Waals surface area contributed by atoms with Crippen LogP contribution in [0.25, 0.3) is 0 Å². The Balaban J connectivity index is 2.05. The molecule has 1 aliphatic carbocycles. The zero-order valence-electron chi connectivity index (χ0n) is 12.5. The van der Waals surface area contributed by atoms with E-state index >= 15 is 0 Å². The molecule has 116 valence electrons. The maximum absolute atomic E-state index is 11.8. The smallest absolute Gasteiger partial charge is 0.340 e. The summed E-state index contributed by atoms with van der Waals surface area (Å²) < 4.78 is 4.78. The topological polar surface area (TPSA) is 67.6 Å². The first-order valence-electron chi connectivity index (χ1n) is 7.22. The molecule has 1 aromatic carbocycles. The van der Waals surface area contributed by atoms with Crippen LogP contribution in [0.5, 0.6) is 0 Å². The molecule has 0 saturated heterocycles. The molecular formula is C15H22ClN3O2. The van der Waals surface area contributed by atoms with Crippen molar-refractivity contribution in [1.82, 2.24) is 4.90 Å². The molecule has 0 bridgehead atoms. The SMILES string of the molecule is CCN(CCNc1c(Cl)cc(N)cc1C(=O)OC)C1CC1. The number of hydrogen-bond acceptors (Lipinski definition) is 5. The molecule has 0 atom stereocenters. The molecule has 2 rings (SSSR count). The van der Waals surface area contributed by atoms with Crippen LogP contribution in [0.3, 0.4) is 0 Å². The van der Waals surface area contributed by atoms with Gasteiger partial charge in [0.05, 0.1) is 23.4 Å². The number of methoxy groups -OCH3 is 1. The average Bonchev–Trinajstić information content (AvgIpc) is 3.28. The number of nitrogens with two attached hydrogens (primary N) is 1. The van der Waals surface area contributed by atoms with Crippen molar-refractivity contribution in [3.63, 3.8) is 0 Å². The molecule has 0 spiro atoms. The van der Waals surface area contributed by atoms with E-state index in [1.165, 1.54) is 20.0 Å². The van der Waals surface area contributed by atoms with E-state index in [2.05, 4.69) is 17.1 Å². The number of esters is 1. The Kier molecular flexibility index (Phi) is 5.31. The molecule has 0 aromatic heterocycles. The van der Waals surface area contributed by atoms with Crippen molar-refractivity contribution in [2.75, 3.05) is 37.8 Å². The molecule has 0 amide bonds. The van der Waals surface area contributed by atoms with E-state index in [4.69, 9.17) is 22.1 Å². The molecule has 21 heavy (non-hydrogen) atoms. The molecule has 0 radical (unpaired) electrons. The van der Waals surface area contributed by atoms with Crippen LogP contribution in [0, 0.1) is 0 Å². The molecule has 6 heteroatoms. The monoisotopic (exact) mass is 311 g/mol. The Hall–Kier alpha value is -1.46. The normalized spacial score (nSPS) is 14.3.